The number of hydrogen-bond acceptors (Lipinski definition) is 5. The molecule has 2 heterocycles. The van der Waals surface area contributed by atoms with Gasteiger partial charge in [0.1, 0.15) is 24.1 Å². The van der Waals surface area contributed by atoms with Gasteiger partial charge in [0.2, 0.25) is 5.91 Å². The molecule has 3 rings (SSSR count). The molecule has 1 N–H and O–H groups in total. The summed E-state index contributed by atoms with van der Waals surface area (Å²) in [4.78, 5) is 27.9. The molecule has 8 heteroatoms. The van der Waals surface area contributed by atoms with Crippen molar-refractivity contribution in [2.75, 3.05) is 27.2 Å². The second-order valence-electron chi connectivity index (χ2n) is 6.18. The van der Waals surface area contributed by atoms with E-state index in [4.69, 9.17) is 9.47 Å². The van der Waals surface area contributed by atoms with Crippen molar-refractivity contribution in [1.82, 2.24) is 20.0 Å². The van der Waals surface area contributed by atoms with Crippen molar-refractivity contribution in [2.24, 2.45) is 0 Å². The van der Waals surface area contributed by atoms with Crippen LogP contribution in [0.25, 0.3) is 0 Å². The van der Waals surface area contributed by atoms with Gasteiger partial charge < -0.3 is 19.3 Å². The van der Waals surface area contributed by atoms with Crippen molar-refractivity contribution in [1.29, 1.82) is 0 Å². The van der Waals surface area contributed by atoms with Gasteiger partial charge in [0, 0.05) is 26.2 Å². The van der Waals surface area contributed by atoms with Crippen molar-refractivity contribution < 1.29 is 19.1 Å². The number of aromatic nitrogens is 2. The highest BCUT2D eigenvalue weighted by atomic mass is 16.5. The molecular formula is C18H22N4O4. The van der Waals surface area contributed by atoms with Gasteiger partial charge in [-0.05, 0) is 25.1 Å². The highest BCUT2D eigenvalue weighted by Gasteiger charge is 2.33. The zero-order valence-corrected chi connectivity index (χ0v) is 15.1. The van der Waals surface area contributed by atoms with Crippen LogP contribution >= 0.6 is 0 Å². The zero-order valence-electron chi connectivity index (χ0n) is 15.1. The topological polar surface area (TPSA) is 87.8 Å². The minimum Gasteiger partial charge on any atom is -0.497 e. The summed E-state index contributed by atoms with van der Waals surface area (Å²) < 4.78 is 10.8. The van der Waals surface area contributed by atoms with Crippen LogP contribution in [0.1, 0.15) is 23.1 Å². The first-order chi connectivity index (χ1) is 12.5. The number of ether oxygens (including phenoxy) is 2. The number of benzene rings is 1. The van der Waals surface area contributed by atoms with E-state index in [9.17, 15) is 9.59 Å². The van der Waals surface area contributed by atoms with Crippen LogP contribution in [0.2, 0.25) is 0 Å². The Morgan fingerprint density at radius 1 is 1.31 bits per heavy atom. The predicted molar refractivity (Wildman–Crippen MR) is 94.0 cm³/mol. The number of rotatable bonds is 5. The number of carbonyl (C=O) groups is 2. The third kappa shape index (κ3) is 3.63. The minimum atomic E-state index is -0.491. The Morgan fingerprint density at radius 3 is 2.85 bits per heavy atom. The molecule has 8 nitrogen and oxygen atoms in total. The number of methoxy groups -OCH3 is 1. The fraction of sp³-hybridized carbons (Fsp3) is 0.389. The number of aromatic amines is 1. The molecule has 1 aliphatic rings. The number of H-pyrrole nitrogens is 1. The van der Waals surface area contributed by atoms with E-state index < -0.39 is 6.04 Å². The maximum atomic E-state index is 12.6. The number of hydrogen-bond donors (Lipinski definition) is 1. The van der Waals surface area contributed by atoms with Crippen LogP contribution in [-0.2, 0) is 11.4 Å². The molecule has 26 heavy (non-hydrogen) atoms. The fourth-order valence-corrected chi connectivity index (χ4v) is 2.84. The lowest BCUT2D eigenvalue weighted by molar-refractivity contribution is -0.137. The summed E-state index contributed by atoms with van der Waals surface area (Å²) in [6.07, 6.45) is 0. The lowest BCUT2D eigenvalue weighted by Crippen LogP contribution is -2.56. The smallest absolute Gasteiger partial charge is 0.275 e. The molecule has 1 saturated heterocycles. The van der Waals surface area contributed by atoms with Gasteiger partial charge in [-0.1, -0.05) is 6.07 Å². The molecule has 0 saturated carbocycles. The van der Waals surface area contributed by atoms with Gasteiger partial charge in [0.05, 0.1) is 12.8 Å². The van der Waals surface area contributed by atoms with Gasteiger partial charge in [0.25, 0.3) is 5.91 Å². The maximum absolute atomic E-state index is 12.6. The number of nitrogens with zero attached hydrogens (tertiary/aromatic N) is 3. The Bertz CT molecular complexity index is 804. The third-order valence-corrected chi connectivity index (χ3v) is 4.42. The third-order valence-electron chi connectivity index (χ3n) is 4.42. The molecule has 0 bridgehead atoms. The van der Waals surface area contributed by atoms with Crippen molar-refractivity contribution in [3.63, 3.8) is 0 Å². The molecule has 1 aliphatic heterocycles. The largest absolute Gasteiger partial charge is 0.497 e. The standard InChI is InChI=1S/C18H22N4O4/c1-12-17(23)21(2)7-8-22(12)18(24)16-9-13(19-20-16)11-26-15-6-4-5-14(10-15)25-3/h4-6,9-10,12H,7-8,11H2,1-3H3,(H,19,20)/t12-/m0/s1. The Balaban J connectivity index is 1.63. The van der Waals surface area contributed by atoms with Gasteiger partial charge in [0.15, 0.2) is 5.69 Å². The van der Waals surface area contributed by atoms with Crippen LogP contribution < -0.4 is 9.47 Å². The van der Waals surface area contributed by atoms with Gasteiger partial charge in [-0.25, -0.2) is 0 Å². The Kier molecular flexibility index (Phi) is 5.11. The number of amides is 2. The van der Waals surface area contributed by atoms with E-state index in [0.717, 1.165) is 0 Å². The quantitative estimate of drug-likeness (QED) is 0.870. The number of likely N-dealkylation sites (N-methyl/N-ethyl adjacent to an activating group) is 1. The summed E-state index contributed by atoms with van der Waals surface area (Å²) in [5, 5.41) is 6.88. The van der Waals surface area contributed by atoms with Gasteiger partial charge >= 0.3 is 0 Å². The van der Waals surface area contributed by atoms with E-state index in [1.54, 1.807) is 43.0 Å². The van der Waals surface area contributed by atoms with E-state index >= 15 is 0 Å². The summed E-state index contributed by atoms with van der Waals surface area (Å²) in [6.45, 7) is 2.98. The maximum Gasteiger partial charge on any atom is 0.275 e. The molecule has 0 aliphatic carbocycles. The summed E-state index contributed by atoms with van der Waals surface area (Å²) in [5.41, 5.74) is 0.947. The van der Waals surface area contributed by atoms with Crippen LogP contribution in [0.15, 0.2) is 30.3 Å². The molecule has 2 amide bonds. The molecule has 0 radical (unpaired) electrons. The molecular weight excluding hydrogens is 336 g/mol. The molecule has 1 aromatic heterocycles. The molecule has 2 aromatic rings. The minimum absolute atomic E-state index is 0.0679. The van der Waals surface area contributed by atoms with E-state index in [1.807, 2.05) is 18.2 Å². The van der Waals surface area contributed by atoms with Gasteiger partial charge in [-0.15, -0.1) is 0 Å². The van der Waals surface area contributed by atoms with Crippen LogP contribution in [0.3, 0.4) is 0 Å². The van der Waals surface area contributed by atoms with Crippen molar-refractivity contribution in [3.8, 4) is 11.5 Å². The van der Waals surface area contributed by atoms with Crippen molar-refractivity contribution in [3.05, 3.63) is 41.7 Å². The van der Waals surface area contributed by atoms with Crippen LogP contribution in [0.5, 0.6) is 11.5 Å². The zero-order chi connectivity index (χ0) is 18.7. The summed E-state index contributed by atoms with van der Waals surface area (Å²) in [6, 6.07) is 8.43. The van der Waals surface area contributed by atoms with E-state index in [-0.39, 0.29) is 24.1 Å². The average molecular weight is 358 g/mol. The number of nitrogens with one attached hydrogen (secondary N) is 1. The van der Waals surface area contributed by atoms with E-state index in [1.165, 1.54) is 0 Å². The highest BCUT2D eigenvalue weighted by Crippen LogP contribution is 2.20. The normalized spacial score (nSPS) is 17.3. The highest BCUT2D eigenvalue weighted by molar-refractivity contribution is 5.96. The first kappa shape index (κ1) is 17.8. The molecule has 1 atom stereocenters. The van der Waals surface area contributed by atoms with E-state index in [2.05, 4.69) is 10.2 Å². The molecule has 1 aromatic carbocycles. The summed E-state index contributed by atoms with van der Waals surface area (Å²) in [5.74, 6) is 1.03. The van der Waals surface area contributed by atoms with Crippen molar-refractivity contribution >= 4 is 11.8 Å². The Morgan fingerprint density at radius 2 is 2.08 bits per heavy atom. The molecule has 138 valence electrons. The van der Waals surface area contributed by atoms with Crippen LogP contribution in [0, 0.1) is 0 Å². The lowest BCUT2D eigenvalue weighted by atomic mass is 10.1. The molecule has 0 spiro atoms. The number of carbonyl (C=O) groups excluding carboxylic acids is 2. The average Bonchev–Trinajstić information content (AvgIpc) is 3.13. The summed E-state index contributed by atoms with van der Waals surface area (Å²) in [7, 11) is 3.33. The first-order valence-corrected chi connectivity index (χ1v) is 8.36. The second-order valence-corrected chi connectivity index (χ2v) is 6.18. The molecule has 0 unspecified atom stereocenters. The van der Waals surface area contributed by atoms with Crippen LogP contribution in [-0.4, -0.2) is 65.1 Å². The monoisotopic (exact) mass is 358 g/mol. The Hall–Kier alpha value is -3.03. The first-order valence-electron chi connectivity index (χ1n) is 8.36. The Labute approximate surface area is 151 Å². The predicted octanol–water partition coefficient (Wildman–Crippen LogP) is 1.30. The van der Waals surface area contributed by atoms with Crippen LogP contribution in [0.4, 0.5) is 0 Å². The van der Waals surface area contributed by atoms with Gasteiger partial charge in [-0.2, -0.15) is 5.10 Å². The lowest BCUT2D eigenvalue weighted by Gasteiger charge is -2.36. The fourth-order valence-electron chi connectivity index (χ4n) is 2.84. The summed E-state index contributed by atoms with van der Waals surface area (Å²) >= 11 is 0. The van der Waals surface area contributed by atoms with E-state index in [0.29, 0.717) is 30.3 Å². The second kappa shape index (κ2) is 7.47. The molecule has 1 fully saturated rings. The number of piperazine rings is 1. The SMILES string of the molecule is COc1cccc(OCc2cc(C(=O)N3CCN(C)C(=O)[C@@H]3C)n[nH]2)c1. The van der Waals surface area contributed by atoms with Crippen molar-refractivity contribution in [2.45, 2.75) is 19.6 Å². The van der Waals surface area contributed by atoms with Gasteiger partial charge in [-0.3, -0.25) is 14.7 Å².